The van der Waals surface area contributed by atoms with Gasteiger partial charge in [-0.15, -0.1) is 5.10 Å². The van der Waals surface area contributed by atoms with E-state index in [2.05, 4.69) is 26.1 Å². The molecule has 10 heavy (non-hydrogen) atoms. The van der Waals surface area contributed by atoms with Gasteiger partial charge >= 0.3 is 0 Å². The summed E-state index contributed by atoms with van der Waals surface area (Å²) >= 11 is 3.10. The second-order valence-electron chi connectivity index (χ2n) is 1.59. The molecule has 0 aliphatic heterocycles. The quantitative estimate of drug-likeness (QED) is 0.727. The number of methoxy groups -OCH3 is 1. The van der Waals surface area contributed by atoms with E-state index in [1.165, 1.54) is 13.2 Å². The average Bonchev–Trinajstić information content (AvgIpc) is 1.88. The standard InChI is InChI=1S/C5H5BrN2O2/c1-10-5-3(6)2-4(9)7-8-5/h2H,1H3,(H,7,9). The van der Waals surface area contributed by atoms with E-state index in [9.17, 15) is 4.79 Å². The van der Waals surface area contributed by atoms with E-state index >= 15 is 0 Å². The lowest BCUT2D eigenvalue weighted by molar-refractivity contribution is 0.388. The molecule has 0 aromatic carbocycles. The molecule has 0 unspecified atom stereocenters. The van der Waals surface area contributed by atoms with Crippen LogP contribution < -0.4 is 10.3 Å². The average molecular weight is 205 g/mol. The first-order valence-corrected chi connectivity index (χ1v) is 3.32. The van der Waals surface area contributed by atoms with Gasteiger partial charge in [-0.1, -0.05) is 0 Å². The Bertz CT molecular complexity index is 283. The molecule has 4 nitrogen and oxygen atoms in total. The number of nitrogens with zero attached hydrogens (tertiary/aromatic N) is 1. The lowest BCUT2D eigenvalue weighted by atomic mass is 10.6. The van der Waals surface area contributed by atoms with Crippen LogP contribution in [0.3, 0.4) is 0 Å². The van der Waals surface area contributed by atoms with Crippen LogP contribution in [0.1, 0.15) is 0 Å². The zero-order chi connectivity index (χ0) is 7.56. The van der Waals surface area contributed by atoms with E-state index < -0.39 is 0 Å². The van der Waals surface area contributed by atoms with Crippen molar-refractivity contribution in [2.45, 2.75) is 0 Å². The molecular formula is C5H5BrN2O2. The summed E-state index contributed by atoms with van der Waals surface area (Å²) in [6.07, 6.45) is 0. The first-order valence-electron chi connectivity index (χ1n) is 2.53. The summed E-state index contributed by atoms with van der Waals surface area (Å²) in [6, 6.07) is 1.35. The highest BCUT2D eigenvalue weighted by molar-refractivity contribution is 9.10. The fraction of sp³-hybridized carbons (Fsp3) is 0.200. The number of ether oxygens (including phenoxy) is 1. The van der Waals surface area contributed by atoms with Gasteiger partial charge in [0.2, 0.25) is 5.88 Å². The summed E-state index contributed by atoms with van der Waals surface area (Å²) in [6.45, 7) is 0. The lowest BCUT2D eigenvalue weighted by Gasteiger charge is -1.97. The molecule has 1 aromatic heterocycles. The van der Waals surface area contributed by atoms with Gasteiger partial charge in [-0.25, -0.2) is 5.10 Å². The Balaban J connectivity index is 3.19. The van der Waals surface area contributed by atoms with Gasteiger partial charge in [0, 0.05) is 6.07 Å². The number of halogens is 1. The molecule has 0 radical (unpaired) electrons. The van der Waals surface area contributed by atoms with Crippen LogP contribution >= 0.6 is 15.9 Å². The van der Waals surface area contributed by atoms with Crippen LogP contribution in [0.4, 0.5) is 0 Å². The van der Waals surface area contributed by atoms with Crippen LogP contribution in [0.15, 0.2) is 15.3 Å². The minimum atomic E-state index is -0.257. The van der Waals surface area contributed by atoms with Crippen LogP contribution in [0.2, 0.25) is 0 Å². The molecule has 0 atom stereocenters. The first-order chi connectivity index (χ1) is 4.74. The Morgan fingerprint density at radius 1 is 1.80 bits per heavy atom. The number of hydrogen-bond acceptors (Lipinski definition) is 3. The highest BCUT2D eigenvalue weighted by atomic mass is 79.9. The second-order valence-corrected chi connectivity index (χ2v) is 2.44. The van der Waals surface area contributed by atoms with Crippen molar-refractivity contribution < 1.29 is 4.74 Å². The zero-order valence-corrected chi connectivity index (χ0v) is 6.81. The fourth-order valence-corrected chi connectivity index (χ4v) is 0.970. The van der Waals surface area contributed by atoms with E-state index in [4.69, 9.17) is 4.74 Å². The van der Waals surface area contributed by atoms with E-state index in [1.54, 1.807) is 0 Å². The Hall–Kier alpha value is -0.840. The number of nitrogens with one attached hydrogen (secondary N) is 1. The van der Waals surface area contributed by atoms with E-state index in [0.717, 1.165) is 0 Å². The SMILES string of the molecule is COc1n[nH]c(=O)cc1Br. The zero-order valence-electron chi connectivity index (χ0n) is 5.22. The van der Waals surface area contributed by atoms with Gasteiger partial charge in [0.05, 0.1) is 11.6 Å². The predicted molar refractivity (Wildman–Crippen MR) is 39.1 cm³/mol. The number of aromatic nitrogens is 2. The lowest BCUT2D eigenvalue weighted by Crippen LogP contribution is -2.07. The molecule has 0 saturated heterocycles. The van der Waals surface area contributed by atoms with Crippen LogP contribution in [0, 0.1) is 0 Å². The van der Waals surface area contributed by atoms with Gasteiger partial charge in [-0.05, 0) is 15.9 Å². The Kier molecular flexibility index (Phi) is 2.06. The van der Waals surface area contributed by atoms with Gasteiger partial charge in [0.15, 0.2) is 0 Å². The summed E-state index contributed by atoms with van der Waals surface area (Å²) in [4.78, 5) is 10.6. The van der Waals surface area contributed by atoms with Crippen molar-refractivity contribution in [2.24, 2.45) is 0 Å². The molecule has 1 heterocycles. The largest absolute Gasteiger partial charge is 0.479 e. The fourth-order valence-electron chi connectivity index (χ4n) is 0.512. The highest BCUT2D eigenvalue weighted by Crippen LogP contribution is 2.16. The van der Waals surface area contributed by atoms with E-state index in [1.807, 2.05) is 0 Å². The molecule has 0 fully saturated rings. The van der Waals surface area contributed by atoms with Crippen molar-refractivity contribution in [3.05, 3.63) is 20.9 Å². The highest BCUT2D eigenvalue weighted by Gasteiger charge is 1.99. The molecule has 0 aliphatic carbocycles. The van der Waals surface area contributed by atoms with Crippen molar-refractivity contribution >= 4 is 15.9 Å². The van der Waals surface area contributed by atoms with E-state index in [0.29, 0.717) is 10.4 Å². The Morgan fingerprint density at radius 3 is 3.00 bits per heavy atom. The number of aromatic amines is 1. The third kappa shape index (κ3) is 1.36. The summed E-state index contributed by atoms with van der Waals surface area (Å²) < 4.78 is 5.33. The smallest absolute Gasteiger partial charge is 0.265 e. The first kappa shape index (κ1) is 7.27. The molecule has 0 amide bonds. The van der Waals surface area contributed by atoms with E-state index in [-0.39, 0.29) is 5.56 Å². The molecule has 0 spiro atoms. The maximum atomic E-state index is 10.6. The normalized spacial score (nSPS) is 9.40. The molecule has 1 N–H and O–H groups in total. The molecular weight excluding hydrogens is 200 g/mol. The predicted octanol–water partition coefficient (Wildman–Crippen LogP) is 0.541. The second kappa shape index (κ2) is 2.83. The molecule has 0 bridgehead atoms. The summed E-state index contributed by atoms with van der Waals surface area (Å²) in [5.74, 6) is 0.375. The van der Waals surface area contributed by atoms with Gasteiger partial charge in [-0.2, -0.15) is 0 Å². The summed E-state index contributed by atoms with van der Waals surface area (Å²) in [7, 11) is 1.48. The van der Waals surface area contributed by atoms with Crippen molar-refractivity contribution in [1.29, 1.82) is 0 Å². The van der Waals surface area contributed by atoms with Gasteiger partial charge in [0.25, 0.3) is 5.56 Å². The minimum absolute atomic E-state index is 0.257. The Labute approximate surface area is 65.3 Å². The molecule has 1 rings (SSSR count). The molecule has 0 saturated carbocycles. The van der Waals surface area contributed by atoms with Gasteiger partial charge in [0.1, 0.15) is 0 Å². The minimum Gasteiger partial charge on any atom is -0.479 e. The third-order valence-corrected chi connectivity index (χ3v) is 1.49. The molecule has 5 heteroatoms. The molecule has 0 aliphatic rings. The van der Waals surface area contributed by atoms with Crippen LogP contribution in [-0.2, 0) is 0 Å². The summed E-state index contributed by atoms with van der Waals surface area (Å²) in [5.41, 5.74) is -0.257. The Morgan fingerprint density at radius 2 is 2.50 bits per heavy atom. The van der Waals surface area contributed by atoms with Crippen molar-refractivity contribution in [2.75, 3.05) is 7.11 Å². The van der Waals surface area contributed by atoms with Crippen molar-refractivity contribution in [3.8, 4) is 5.88 Å². The molecule has 54 valence electrons. The topological polar surface area (TPSA) is 55.0 Å². The number of hydrogen-bond donors (Lipinski definition) is 1. The monoisotopic (exact) mass is 204 g/mol. The number of H-pyrrole nitrogens is 1. The van der Waals surface area contributed by atoms with Crippen molar-refractivity contribution in [1.82, 2.24) is 10.2 Å². The van der Waals surface area contributed by atoms with Crippen LogP contribution in [-0.4, -0.2) is 17.3 Å². The van der Waals surface area contributed by atoms with Crippen LogP contribution in [0.5, 0.6) is 5.88 Å². The number of rotatable bonds is 1. The van der Waals surface area contributed by atoms with Gasteiger partial charge < -0.3 is 4.74 Å². The van der Waals surface area contributed by atoms with Crippen molar-refractivity contribution in [3.63, 3.8) is 0 Å². The maximum Gasteiger partial charge on any atom is 0.265 e. The third-order valence-electron chi connectivity index (χ3n) is 0.923. The maximum absolute atomic E-state index is 10.6. The van der Waals surface area contributed by atoms with Gasteiger partial charge in [-0.3, -0.25) is 4.79 Å². The summed E-state index contributed by atoms with van der Waals surface area (Å²) in [5, 5.41) is 5.82. The van der Waals surface area contributed by atoms with Crippen LogP contribution in [0.25, 0.3) is 0 Å². The molecule has 1 aromatic rings.